The van der Waals surface area contributed by atoms with Gasteiger partial charge in [-0.3, -0.25) is 0 Å². The van der Waals surface area contributed by atoms with Crippen LogP contribution in [0.4, 0.5) is 0 Å². The molecule has 0 bridgehead atoms. The Kier molecular flexibility index (Phi) is 5.91. The topological polar surface area (TPSA) is 12.0 Å². The highest BCUT2D eigenvalue weighted by Gasteiger charge is 2.27. The van der Waals surface area contributed by atoms with Crippen molar-refractivity contribution in [3.05, 3.63) is 35.4 Å². The van der Waals surface area contributed by atoms with E-state index in [0.717, 1.165) is 12.0 Å². The molecule has 1 aromatic carbocycles. The van der Waals surface area contributed by atoms with Gasteiger partial charge in [0.1, 0.15) is 0 Å². The van der Waals surface area contributed by atoms with Crippen LogP contribution in [0.2, 0.25) is 0 Å². The summed E-state index contributed by atoms with van der Waals surface area (Å²) in [5.41, 5.74) is 3.18. The Labute approximate surface area is 118 Å². The van der Waals surface area contributed by atoms with Crippen molar-refractivity contribution >= 4 is 0 Å². The fourth-order valence-electron chi connectivity index (χ4n) is 3.33. The molecule has 0 saturated heterocycles. The average Bonchev–Trinajstić information content (AvgIpc) is 2.86. The maximum absolute atomic E-state index is 3.81. The summed E-state index contributed by atoms with van der Waals surface area (Å²) < 4.78 is 0. The Morgan fingerprint density at radius 3 is 2.32 bits per heavy atom. The molecule has 0 radical (unpaired) electrons. The van der Waals surface area contributed by atoms with E-state index in [9.17, 15) is 0 Å². The van der Waals surface area contributed by atoms with Crippen LogP contribution in [0.25, 0.3) is 0 Å². The standard InChI is InChI=1S/C18H29N/c1-3-5-6-11-18(19-12-4-2)17-13-15-9-7-8-10-16(15)14-17/h7-10,17-19H,3-6,11-14H2,1-2H3. The van der Waals surface area contributed by atoms with E-state index in [1.54, 1.807) is 11.1 Å². The summed E-state index contributed by atoms with van der Waals surface area (Å²) in [5.74, 6) is 0.820. The normalized spacial score (nSPS) is 16.5. The van der Waals surface area contributed by atoms with E-state index in [-0.39, 0.29) is 0 Å². The predicted molar refractivity (Wildman–Crippen MR) is 83.6 cm³/mol. The van der Waals surface area contributed by atoms with Crippen molar-refractivity contribution in [1.29, 1.82) is 0 Å². The summed E-state index contributed by atoms with van der Waals surface area (Å²) in [6.45, 7) is 5.73. The lowest BCUT2D eigenvalue weighted by Gasteiger charge is -2.25. The number of rotatable bonds is 8. The fraction of sp³-hybridized carbons (Fsp3) is 0.667. The molecule has 0 amide bonds. The lowest BCUT2D eigenvalue weighted by Crippen LogP contribution is -2.37. The summed E-state index contributed by atoms with van der Waals surface area (Å²) >= 11 is 0. The zero-order valence-corrected chi connectivity index (χ0v) is 12.6. The van der Waals surface area contributed by atoms with Crippen molar-refractivity contribution in [2.24, 2.45) is 5.92 Å². The van der Waals surface area contributed by atoms with E-state index in [4.69, 9.17) is 0 Å². The van der Waals surface area contributed by atoms with Crippen molar-refractivity contribution in [1.82, 2.24) is 5.32 Å². The van der Waals surface area contributed by atoms with Crippen molar-refractivity contribution in [2.45, 2.75) is 64.8 Å². The molecule has 19 heavy (non-hydrogen) atoms. The zero-order valence-electron chi connectivity index (χ0n) is 12.6. The lowest BCUT2D eigenvalue weighted by molar-refractivity contribution is 0.336. The second-order valence-corrected chi connectivity index (χ2v) is 5.99. The number of benzene rings is 1. The van der Waals surface area contributed by atoms with E-state index in [0.29, 0.717) is 0 Å². The molecule has 0 fully saturated rings. The molecule has 1 aliphatic carbocycles. The van der Waals surface area contributed by atoms with Crippen LogP contribution in [0.5, 0.6) is 0 Å². The molecule has 1 atom stereocenters. The Morgan fingerprint density at radius 1 is 1.05 bits per heavy atom. The zero-order chi connectivity index (χ0) is 13.5. The van der Waals surface area contributed by atoms with Crippen molar-refractivity contribution in [2.75, 3.05) is 6.54 Å². The van der Waals surface area contributed by atoms with E-state index < -0.39 is 0 Å². The largest absolute Gasteiger partial charge is 0.314 e. The van der Waals surface area contributed by atoms with Gasteiger partial charge in [0, 0.05) is 6.04 Å². The van der Waals surface area contributed by atoms with Gasteiger partial charge >= 0.3 is 0 Å². The first-order chi connectivity index (χ1) is 9.35. The highest BCUT2D eigenvalue weighted by atomic mass is 14.9. The van der Waals surface area contributed by atoms with Crippen LogP contribution in [-0.4, -0.2) is 12.6 Å². The smallest absolute Gasteiger partial charge is 0.0102 e. The maximum Gasteiger partial charge on any atom is 0.0102 e. The van der Waals surface area contributed by atoms with Gasteiger partial charge in [0.25, 0.3) is 0 Å². The molecule has 2 rings (SSSR count). The van der Waals surface area contributed by atoms with E-state index in [1.807, 2.05) is 0 Å². The van der Waals surface area contributed by atoms with Gasteiger partial charge in [-0.05, 0) is 49.3 Å². The first-order valence-corrected chi connectivity index (χ1v) is 8.15. The molecule has 1 N–H and O–H groups in total. The van der Waals surface area contributed by atoms with Gasteiger partial charge in [0.15, 0.2) is 0 Å². The highest BCUT2D eigenvalue weighted by Crippen LogP contribution is 2.30. The minimum absolute atomic E-state index is 0.721. The maximum atomic E-state index is 3.81. The molecule has 0 saturated carbocycles. The van der Waals surface area contributed by atoms with Gasteiger partial charge in [-0.1, -0.05) is 57.4 Å². The molecule has 1 unspecified atom stereocenters. The van der Waals surface area contributed by atoms with Crippen LogP contribution in [0, 0.1) is 5.92 Å². The van der Waals surface area contributed by atoms with Crippen LogP contribution in [0.15, 0.2) is 24.3 Å². The molecule has 1 aliphatic rings. The number of unbranched alkanes of at least 4 members (excludes halogenated alkanes) is 2. The average molecular weight is 259 g/mol. The summed E-state index contributed by atoms with van der Waals surface area (Å²) in [6, 6.07) is 9.73. The quantitative estimate of drug-likeness (QED) is 0.684. The van der Waals surface area contributed by atoms with Crippen LogP contribution >= 0.6 is 0 Å². The molecular formula is C18H29N. The Bertz CT molecular complexity index is 347. The third kappa shape index (κ3) is 4.07. The van der Waals surface area contributed by atoms with Crippen LogP contribution in [0.1, 0.15) is 57.1 Å². The first kappa shape index (κ1) is 14.6. The molecule has 0 aliphatic heterocycles. The van der Waals surface area contributed by atoms with Crippen LogP contribution < -0.4 is 5.32 Å². The monoisotopic (exact) mass is 259 g/mol. The molecule has 0 spiro atoms. The molecule has 0 aromatic heterocycles. The van der Waals surface area contributed by atoms with Crippen LogP contribution in [0.3, 0.4) is 0 Å². The van der Waals surface area contributed by atoms with Gasteiger partial charge in [-0.15, -0.1) is 0 Å². The van der Waals surface area contributed by atoms with E-state index in [2.05, 4.69) is 43.4 Å². The van der Waals surface area contributed by atoms with Gasteiger partial charge < -0.3 is 5.32 Å². The van der Waals surface area contributed by atoms with E-state index in [1.165, 1.54) is 51.5 Å². The highest BCUT2D eigenvalue weighted by molar-refractivity contribution is 5.32. The summed E-state index contributed by atoms with van der Waals surface area (Å²) in [7, 11) is 0. The van der Waals surface area contributed by atoms with Gasteiger partial charge in [0.2, 0.25) is 0 Å². The van der Waals surface area contributed by atoms with Crippen molar-refractivity contribution in [3.63, 3.8) is 0 Å². The van der Waals surface area contributed by atoms with E-state index >= 15 is 0 Å². The molecule has 1 heteroatoms. The number of nitrogens with one attached hydrogen (secondary N) is 1. The second kappa shape index (κ2) is 7.69. The third-order valence-corrected chi connectivity index (χ3v) is 4.43. The predicted octanol–water partition coefficient (Wildman–Crippen LogP) is 4.35. The lowest BCUT2D eigenvalue weighted by atomic mass is 9.92. The number of hydrogen-bond donors (Lipinski definition) is 1. The second-order valence-electron chi connectivity index (χ2n) is 5.99. The van der Waals surface area contributed by atoms with Gasteiger partial charge in [0.05, 0.1) is 0 Å². The summed E-state index contributed by atoms with van der Waals surface area (Å²) in [6.07, 6.45) is 9.24. The third-order valence-electron chi connectivity index (χ3n) is 4.43. The van der Waals surface area contributed by atoms with Gasteiger partial charge in [-0.25, -0.2) is 0 Å². The fourth-order valence-corrected chi connectivity index (χ4v) is 3.33. The Balaban J connectivity index is 1.92. The first-order valence-electron chi connectivity index (χ1n) is 8.15. The van der Waals surface area contributed by atoms with Crippen molar-refractivity contribution < 1.29 is 0 Å². The molecule has 0 heterocycles. The van der Waals surface area contributed by atoms with Crippen LogP contribution in [-0.2, 0) is 12.8 Å². The molecular weight excluding hydrogens is 230 g/mol. The number of hydrogen-bond acceptors (Lipinski definition) is 1. The molecule has 106 valence electrons. The SMILES string of the molecule is CCCCCC(NCCC)C1Cc2ccccc2C1. The summed E-state index contributed by atoms with van der Waals surface area (Å²) in [5, 5.41) is 3.81. The minimum Gasteiger partial charge on any atom is -0.314 e. The number of fused-ring (bicyclic) bond motifs is 1. The van der Waals surface area contributed by atoms with Crippen molar-refractivity contribution in [3.8, 4) is 0 Å². The van der Waals surface area contributed by atoms with Gasteiger partial charge in [-0.2, -0.15) is 0 Å². The Morgan fingerprint density at radius 2 is 1.74 bits per heavy atom. The Hall–Kier alpha value is -0.820. The minimum atomic E-state index is 0.721. The molecule has 1 nitrogen and oxygen atoms in total. The molecule has 1 aromatic rings. The summed E-state index contributed by atoms with van der Waals surface area (Å²) in [4.78, 5) is 0.